The highest BCUT2D eigenvalue weighted by Crippen LogP contribution is 2.47. The van der Waals surface area contributed by atoms with Crippen LogP contribution in [-0.4, -0.2) is 35.8 Å². The molecular formula is C37H30N4O3S. The molecule has 7 nitrogen and oxygen atoms in total. The fourth-order valence-corrected chi connectivity index (χ4v) is 7.16. The van der Waals surface area contributed by atoms with Crippen LogP contribution >= 0.6 is 11.8 Å². The number of fused-ring (bicyclic) bond motifs is 1. The molecule has 4 aromatic carbocycles. The van der Waals surface area contributed by atoms with E-state index >= 15 is 0 Å². The summed E-state index contributed by atoms with van der Waals surface area (Å²) in [6, 6.07) is 40.9. The second-order valence-corrected chi connectivity index (χ2v) is 12.1. The van der Waals surface area contributed by atoms with E-state index in [-0.39, 0.29) is 11.1 Å². The minimum absolute atomic E-state index is 0.211. The smallest absolute Gasteiger partial charge is 0.290 e. The van der Waals surface area contributed by atoms with Gasteiger partial charge in [-0.05, 0) is 52.9 Å². The number of amides is 2. The van der Waals surface area contributed by atoms with Crippen molar-refractivity contribution in [2.45, 2.75) is 23.8 Å². The Morgan fingerprint density at radius 2 is 1.33 bits per heavy atom. The van der Waals surface area contributed by atoms with Gasteiger partial charge in [0.1, 0.15) is 29.2 Å². The van der Waals surface area contributed by atoms with E-state index in [1.54, 1.807) is 6.20 Å². The standard InChI is InChI=1S/C37H30N4O3S/c1-40-33(39-31-18-11-23-38-34(31)40)25-44-30-21-19-26(20-22-30)24-32-35(42)41(36(43)45-32)37(27-12-5-2-6-13-27,28-14-7-3-8-15-28)29-16-9-4-10-17-29/h2-23,32H,24-25H2,1H3. The Bertz CT molecular complexity index is 1870. The Kier molecular flexibility index (Phi) is 7.65. The van der Waals surface area contributed by atoms with Crippen LogP contribution in [0.2, 0.25) is 0 Å². The molecule has 3 heterocycles. The molecule has 0 spiro atoms. The molecule has 0 radical (unpaired) electrons. The first kappa shape index (κ1) is 28.6. The zero-order chi connectivity index (χ0) is 30.8. The number of aryl methyl sites for hydroxylation is 1. The number of imidazole rings is 1. The van der Waals surface area contributed by atoms with Crippen molar-refractivity contribution in [3.05, 3.63) is 162 Å². The summed E-state index contributed by atoms with van der Waals surface area (Å²) in [6.45, 7) is 0.299. The maximum atomic E-state index is 14.4. The van der Waals surface area contributed by atoms with E-state index in [4.69, 9.17) is 4.74 Å². The fourth-order valence-electron chi connectivity index (χ4n) is 6.10. The van der Waals surface area contributed by atoms with Crippen molar-refractivity contribution in [3.8, 4) is 5.75 Å². The van der Waals surface area contributed by atoms with Gasteiger partial charge in [-0.15, -0.1) is 0 Å². The van der Waals surface area contributed by atoms with E-state index in [0.29, 0.717) is 18.8 Å². The summed E-state index contributed by atoms with van der Waals surface area (Å²) in [5.41, 5.74) is 4.01. The molecule has 45 heavy (non-hydrogen) atoms. The predicted molar refractivity (Wildman–Crippen MR) is 176 cm³/mol. The Hall–Kier alpha value is -5.21. The van der Waals surface area contributed by atoms with Crippen molar-refractivity contribution < 1.29 is 14.3 Å². The Morgan fingerprint density at radius 3 is 1.89 bits per heavy atom. The average Bonchev–Trinajstić information content (AvgIpc) is 3.56. The highest BCUT2D eigenvalue weighted by atomic mass is 32.2. The van der Waals surface area contributed by atoms with Crippen LogP contribution in [0.15, 0.2) is 134 Å². The third-order valence-corrected chi connectivity index (χ3v) is 9.30. The van der Waals surface area contributed by atoms with Crippen molar-refractivity contribution >= 4 is 34.1 Å². The molecule has 2 amide bonds. The van der Waals surface area contributed by atoms with Gasteiger partial charge in [-0.3, -0.25) is 14.5 Å². The van der Waals surface area contributed by atoms with E-state index in [1.807, 2.05) is 139 Å². The third-order valence-electron chi connectivity index (χ3n) is 8.26. The molecule has 1 saturated heterocycles. The molecule has 1 fully saturated rings. The summed E-state index contributed by atoms with van der Waals surface area (Å²) in [5.74, 6) is 1.26. The van der Waals surface area contributed by atoms with Crippen LogP contribution in [0.3, 0.4) is 0 Å². The number of carbonyl (C=O) groups excluding carboxylic acids is 2. The molecule has 0 bridgehead atoms. The van der Waals surface area contributed by atoms with Crippen molar-refractivity contribution in [2.24, 2.45) is 7.05 Å². The number of hydrogen-bond donors (Lipinski definition) is 0. The molecule has 7 rings (SSSR count). The first-order valence-electron chi connectivity index (χ1n) is 14.7. The average molecular weight is 611 g/mol. The second-order valence-electron chi connectivity index (χ2n) is 10.9. The molecule has 0 saturated carbocycles. The van der Waals surface area contributed by atoms with Gasteiger partial charge in [-0.25, -0.2) is 9.97 Å². The minimum Gasteiger partial charge on any atom is -0.486 e. The molecular weight excluding hydrogens is 580 g/mol. The zero-order valence-electron chi connectivity index (χ0n) is 24.6. The first-order chi connectivity index (χ1) is 22.1. The number of ether oxygens (including phenoxy) is 1. The molecule has 1 atom stereocenters. The molecule has 8 heteroatoms. The quantitative estimate of drug-likeness (QED) is 0.162. The maximum absolute atomic E-state index is 14.4. The van der Waals surface area contributed by atoms with Gasteiger partial charge in [0, 0.05) is 13.2 Å². The minimum atomic E-state index is -1.12. The SMILES string of the molecule is Cn1c(COc2ccc(CC3SC(=O)N(C(c4ccccc4)(c4ccccc4)c4ccccc4)C3=O)cc2)nc2cccnc21. The number of thioether (sulfide) groups is 1. The highest BCUT2D eigenvalue weighted by molar-refractivity contribution is 8.15. The van der Waals surface area contributed by atoms with Crippen molar-refractivity contribution in [1.82, 2.24) is 19.4 Å². The first-order valence-corrected chi connectivity index (χ1v) is 15.6. The van der Waals surface area contributed by atoms with Gasteiger partial charge in [0.25, 0.3) is 5.24 Å². The van der Waals surface area contributed by atoms with Crippen LogP contribution < -0.4 is 4.74 Å². The van der Waals surface area contributed by atoms with Gasteiger partial charge in [-0.1, -0.05) is 115 Å². The van der Waals surface area contributed by atoms with Crippen LogP contribution in [0.1, 0.15) is 28.1 Å². The molecule has 2 aromatic heterocycles. The van der Waals surface area contributed by atoms with Gasteiger partial charge in [0.2, 0.25) is 5.91 Å². The lowest BCUT2D eigenvalue weighted by molar-refractivity contribution is -0.129. The van der Waals surface area contributed by atoms with E-state index in [2.05, 4.69) is 9.97 Å². The van der Waals surface area contributed by atoms with Crippen molar-refractivity contribution in [1.29, 1.82) is 0 Å². The molecule has 222 valence electrons. The third kappa shape index (κ3) is 5.17. The number of benzene rings is 4. The summed E-state index contributed by atoms with van der Waals surface area (Å²) in [7, 11) is 1.92. The van der Waals surface area contributed by atoms with Crippen molar-refractivity contribution in [2.75, 3.05) is 0 Å². The lowest BCUT2D eigenvalue weighted by Crippen LogP contribution is -2.51. The fraction of sp³-hybridized carbons (Fsp3) is 0.135. The number of aromatic nitrogens is 3. The Balaban J connectivity index is 1.15. The van der Waals surface area contributed by atoms with Gasteiger partial charge in [0.15, 0.2) is 5.65 Å². The Morgan fingerprint density at radius 1 is 0.756 bits per heavy atom. The largest absolute Gasteiger partial charge is 0.486 e. The molecule has 1 unspecified atom stereocenters. The van der Waals surface area contributed by atoms with Gasteiger partial charge >= 0.3 is 0 Å². The molecule has 1 aliphatic rings. The summed E-state index contributed by atoms with van der Waals surface area (Å²) in [5, 5.41) is -0.828. The number of imide groups is 1. The summed E-state index contributed by atoms with van der Waals surface area (Å²) in [4.78, 5) is 38.8. The number of carbonyl (C=O) groups is 2. The summed E-state index contributed by atoms with van der Waals surface area (Å²) >= 11 is 1.09. The summed E-state index contributed by atoms with van der Waals surface area (Å²) in [6.07, 6.45) is 2.16. The number of nitrogens with zero attached hydrogens (tertiary/aromatic N) is 4. The number of rotatable bonds is 9. The Labute approximate surface area is 265 Å². The highest BCUT2D eigenvalue weighted by Gasteiger charge is 2.53. The van der Waals surface area contributed by atoms with Crippen LogP contribution in [0.4, 0.5) is 4.79 Å². The normalized spacial score (nSPS) is 15.1. The maximum Gasteiger partial charge on any atom is 0.290 e. The lowest BCUT2D eigenvalue weighted by Gasteiger charge is -2.42. The van der Waals surface area contributed by atoms with Gasteiger partial charge in [-0.2, -0.15) is 0 Å². The van der Waals surface area contributed by atoms with Crippen LogP contribution in [-0.2, 0) is 30.4 Å². The van der Waals surface area contributed by atoms with Crippen LogP contribution in [0.25, 0.3) is 11.2 Å². The predicted octanol–water partition coefficient (Wildman–Crippen LogP) is 7.15. The van der Waals surface area contributed by atoms with E-state index in [9.17, 15) is 9.59 Å². The van der Waals surface area contributed by atoms with Crippen LogP contribution in [0.5, 0.6) is 5.75 Å². The number of hydrogen-bond acceptors (Lipinski definition) is 6. The van der Waals surface area contributed by atoms with Crippen molar-refractivity contribution in [3.63, 3.8) is 0 Å². The lowest BCUT2D eigenvalue weighted by atomic mass is 9.75. The molecule has 6 aromatic rings. The van der Waals surface area contributed by atoms with E-state index < -0.39 is 10.8 Å². The van der Waals surface area contributed by atoms with Gasteiger partial charge < -0.3 is 9.30 Å². The van der Waals surface area contributed by atoms with E-state index in [0.717, 1.165) is 51.0 Å². The molecule has 1 aliphatic heterocycles. The van der Waals surface area contributed by atoms with E-state index in [1.165, 1.54) is 4.90 Å². The molecule has 0 aliphatic carbocycles. The topological polar surface area (TPSA) is 77.3 Å². The second kappa shape index (κ2) is 12.1. The zero-order valence-corrected chi connectivity index (χ0v) is 25.4. The summed E-state index contributed by atoms with van der Waals surface area (Å²) < 4.78 is 7.96. The van der Waals surface area contributed by atoms with Crippen LogP contribution in [0, 0.1) is 0 Å². The monoisotopic (exact) mass is 610 g/mol. The van der Waals surface area contributed by atoms with Gasteiger partial charge in [0.05, 0.1) is 5.25 Å². The molecule has 0 N–H and O–H groups in total. The number of pyridine rings is 1.